The van der Waals surface area contributed by atoms with Gasteiger partial charge >= 0.3 is 0 Å². The van der Waals surface area contributed by atoms with E-state index in [1.807, 2.05) is 31.2 Å². The molecule has 3 nitrogen and oxygen atoms in total. The van der Waals surface area contributed by atoms with Gasteiger partial charge in [0.05, 0.1) is 0 Å². The summed E-state index contributed by atoms with van der Waals surface area (Å²) in [5, 5.41) is 6.25. The fourth-order valence-corrected chi connectivity index (χ4v) is 2.46. The van der Waals surface area contributed by atoms with Gasteiger partial charge in [0.25, 0.3) is 5.91 Å². The molecule has 0 unspecified atom stereocenters. The SMILES string of the molecule is CSc1ccc(CNCCNC(=O)c2ccc(C)cc2)cc1. The van der Waals surface area contributed by atoms with Gasteiger partial charge in [-0.1, -0.05) is 29.8 Å². The largest absolute Gasteiger partial charge is 0.351 e. The van der Waals surface area contributed by atoms with Crippen molar-refractivity contribution in [2.24, 2.45) is 0 Å². The van der Waals surface area contributed by atoms with Crippen LogP contribution in [-0.4, -0.2) is 25.3 Å². The first-order valence-electron chi connectivity index (χ1n) is 7.37. The molecule has 0 spiro atoms. The van der Waals surface area contributed by atoms with Gasteiger partial charge < -0.3 is 10.6 Å². The van der Waals surface area contributed by atoms with Crippen molar-refractivity contribution in [1.29, 1.82) is 0 Å². The van der Waals surface area contributed by atoms with Crippen LogP contribution >= 0.6 is 11.8 Å². The van der Waals surface area contributed by atoms with Crippen molar-refractivity contribution in [3.8, 4) is 0 Å². The maximum atomic E-state index is 11.9. The van der Waals surface area contributed by atoms with Crippen LogP contribution in [0.5, 0.6) is 0 Å². The number of aryl methyl sites for hydroxylation is 1. The number of carbonyl (C=O) groups is 1. The molecule has 2 aromatic rings. The Hall–Kier alpha value is -1.78. The lowest BCUT2D eigenvalue weighted by atomic mass is 10.1. The highest BCUT2D eigenvalue weighted by Crippen LogP contribution is 2.14. The second kappa shape index (κ2) is 8.61. The summed E-state index contributed by atoms with van der Waals surface area (Å²) >= 11 is 1.74. The Labute approximate surface area is 136 Å². The molecular formula is C18H22N2OS. The van der Waals surface area contributed by atoms with E-state index < -0.39 is 0 Å². The summed E-state index contributed by atoms with van der Waals surface area (Å²) in [6.45, 7) is 4.20. The Morgan fingerprint density at radius 2 is 1.68 bits per heavy atom. The molecule has 0 saturated heterocycles. The van der Waals surface area contributed by atoms with Gasteiger partial charge in [-0.25, -0.2) is 0 Å². The standard InChI is InChI=1S/C18H22N2OS/c1-14-3-7-16(8-4-14)18(21)20-12-11-19-13-15-5-9-17(22-2)10-6-15/h3-10,19H,11-13H2,1-2H3,(H,20,21). The van der Waals surface area contributed by atoms with Crippen LogP contribution in [0.3, 0.4) is 0 Å². The normalized spacial score (nSPS) is 10.5. The van der Waals surface area contributed by atoms with Gasteiger partial charge in [-0.05, 0) is 43.0 Å². The minimum atomic E-state index is -0.0221. The topological polar surface area (TPSA) is 41.1 Å². The van der Waals surface area contributed by atoms with Crippen molar-refractivity contribution in [3.63, 3.8) is 0 Å². The minimum absolute atomic E-state index is 0.0221. The van der Waals surface area contributed by atoms with Crippen molar-refractivity contribution >= 4 is 17.7 Å². The average molecular weight is 314 g/mol. The summed E-state index contributed by atoms with van der Waals surface area (Å²) in [5.74, 6) is -0.0221. The third-order valence-electron chi connectivity index (χ3n) is 3.39. The molecule has 0 bridgehead atoms. The fourth-order valence-electron chi connectivity index (χ4n) is 2.05. The number of amides is 1. The molecular weight excluding hydrogens is 292 g/mol. The van der Waals surface area contributed by atoms with Crippen LogP contribution in [0.1, 0.15) is 21.5 Å². The van der Waals surface area contributed by atoms with Gasteiger partial charge in [0.15, 0.2) is 0 Å². The number of rotatable bonds is 7. The van der Waals surface area contributed by atoms with E-state index in [-0.39, 0.29) is 5.91 Å². The zero-order valence-electron chi connectivity index (χ0n) is 13.1. The predicted octanol–water partition coefficient (Wildman–Crippen LogP) is 3.24. The molecule has 0 aromatic heterocycles. The molecule has 0 fully saturated rings. The maximum absolute atomic E-state index is 11.9. The van der Waals surface area contributed by atoms with Crippen LogP contribution in [-0.2, 0) is 6.54 Å². The molecule has 2 aromatic carbocycles. The van der Waals surface area contributed by atoms with Gasteiger partial charge in [-0.3, -0.25) is 4.79 Å². The van der Waals surface area contributed by atoms with E-state index in [9.17, 15) is 4.79 Å². The van der Waals surface area contributed by atoms with Gasteiger partial charge in [-0.2, -0.15) is 0 Å². The number of hydrogen-bond donors (Lipinski definition) is 2. The van der Waals surface area contributed by atoms with Crippen LogP contribution in [0.2, 0.25) is 0 Å². The molecule has 116 valence electrons. The number of thioether (sulfide) groups is 1. The lowest BCUT2D eigenvalue weighted by Gasteiger charge is -2.08. The van der Waals surface area contributed by atoms with Crippen molar-refractivity contribution in [3.05, 3.63) is 65.2 Å². The van der Waals surface area contributed by atoms with Crippen molar-refractivity contribution in [2.75, 3.05) is 19.3 Å². The Kier molecular flexibility index (Phi) is 6.49. The van der Waals surface area contributed by atoms with Crippen molar-refractivity contribution in [2.45, 2.75) is 18.4 Å². The maximum Gasteiger partial charge on any atom is 0.251 e. The third kappa shape index (κ3) is 5.20. The molecule has 0 heterocycles. The molecule has 0 aliphatic carbocycles. The van der Waals surface area contributed by atoms with E-state index in [2.05, 4.69) is 41.2 Å². The lowest BCUT2D eigenvalue weighted by molar-refractivity contribution is 0.0954. The Balaban J connectivity index is 1.66. The van der Waals surface area contributed by atoms with E-state index in [1.54, 1.807) is 11.8 Å². The number of nitrogens with one attached hydrogen (secondary N) is 2. The monoisotopic (exact) mass is 314 g/mol. The summed E-state index contributed by atoms with van der Waals surface area (Å²) < 4.78 is 0. The second-order valence-corrected chi connectivity index (χ2v) is 6.03. The molecule has 22 heavy (non-hydrogen) atoms. The number of carbonyl (C=O) groups excluding carboxylic acids is 1. The fraction of sp³-hybridized carbons (Fsp3) is 0.278. The third-order valence-corrected chi connectivity index (χ3v) is 4.13. The predicted molar refractivity (Wildman–Crippen MR) is 93.4 cm³/mol. The summed E-state index contributed by atoms with van der Waals surface area (Å²) in [4.78, 5) is 13.2. The molecule has 1 amide bonds. The smallest absolute Gasteiger partial charge is 0.251 e. The summed E-state index contributed by atoms with van der Waals surface area (Å²) in [7, 11) is 0. The molecule has 0 saturated carbocycles. The first kappa shape index (κ1) is 16.6. The highest BCUT2D eigenvalue weighted by Gasteiger charge is 2.03. The Morgan fingerprint density at radius 1 is 1.00 bits per heavy atom. The van der Waals surface area contributed by atoms with E-state index in [4.69, 9.17) is 0 Å². The molecule has 2 rings (SSSR count). The lowest BCUT2D eigenvalue weighted by Crippen LogP contribution is -2.31. The number of benzene rings is 2. The zero-order chi connectivity index (χ0) is 15.8. The number of hydrogen-bond acceptors (Lipinski definition) is 3. The van der Waals surface area contributed by atoms with Crippen LogP contribution in [0.4, 0.5) is 0 Å². The summed E-state index contributed by atoms with van der Waals surface area (Å²) in [5.41, 5.74) is 3.12. The van der Waals surface area contributed by atoms with Gasteiger partial charge in [0, 0.05) is 30.1 Å². The molecule has 0 aliphatic rings. The molecule has 2 N–H and O–H groups in total. The summed E-state index contributed by atoms with van der Waals surface area (Å²) in [6.07, 6.45) is 2.07. The molecule has 0 radical (unpaired) electrons. The van der Waals surface area contributed by atoms with Crippen molar-refractivity contribution in [1.82, 2.24) is 10.6 Å². The van der Waals surface area contributed by atoms with Crippen LogP contribution in [0.15, 0.2) is 53.4 Å². The quantitative estimate of drug-likeness (QED) is 0.609. The van der Waals surface area contributed by atoms with Gasteiger partial charge in [0.1, 0.15) is 0 Å². The van der Waals surface area contributed by atoms with E-state index in [0.29, 0.717) is 12.1 Å². The molecule has 0 atom stereocenters. The molecule has 0 aliphatic heterocycles. The van der Waals surface area contributed by atoms with Crippen LogP contribution < -0.4 is 10.6 Å². The first-order valence-corrected chi connectivity index (χ1v) is 8.60. The Bertz CT molecular complexity index is 593. The van der Waals surface area contributed by atoms with Crippen LogP contribution in [0.25, 0.3) is 0 Å². The van der Waals surface area contributed by atoms with Crippen LogP contribution in [0, 0.1) is 6.92 Å². The van der Waals surface area contributed by atoms with E-state index in [1.165, 1.54) is 10.5 Å². The van der Waals surface area contributed by atoms with E-state index >= 15 is 0 Å². The zero-order valence-corrected chi connectivity index (χ0v) is 13.9. The summed E-state index contributed by atoms with van der Waals surface area (Å²) in [6, 6.07) is 16.1. The van der Waals surface area contributed by atoms with E-state index in [0.717, 1.165) is 18.7 Å². The Morgan fingerprint density at radius 3 is 2.32 bits per heavy atom. The molecule has 4 heteroatoms. The highest BCUT2D eigenvalue weighted by molar-refractivity contribution is 7.98. The van der Waals surface area contributed by atoms with Gasteiger partial charge in [-0.15, -0.1) is 11.8 Å². The first-order chi connectivity index (χ1) is 10.7. The minimum Gasteiger partial charge on any atom is -0.351 e. The van der Waals surface area contributed by atoms with Crippen molar-refractivity contribution < 1.29 is 4.79 Å². The second-order valence-electron chi connectivity index (χ2n) is 5.15. The van der Waals surface area contributed by atoms with Gasteiger partial charge in [0.2, 0.25) is 0 Å². The highest BCUT2D eigenvalue weighted by atomic mass is 32.2. The average Bonchev–Trinajstić information content (AvgIpc) is 2.55.